The number of nitrogens with one attached hydrogen (secondary N) is 3. The molecule has 0 atom stereocenters. The summed E-state index contributed by atoms with van der Waals surface area (Å²) in [7, 11) is 0. The molecule has 0 spiro atoms. The number of nitro benzene ring substituents is 1. The molecule has 3 N–H and O–H groups in total. The number of benzene rings is 2. The van der Waals surface area contributed by atoms with Crippen molar-refractivity contribution in [2.45, 2.75) is 6.92 Å². The predicted molar refractivity (Wildman–Crippen MR) is 115 cm³/mol. The van der Waals surface area contributed by atoms with Gasteiger partial charge in [-0.1, -0.05) is 29.8 Å². The number of anilines is 4. The molecule has 0 unspecified atom stereocenters. The molecule has 10 heteroatoms. The van der Waals surface area contributed by atoms with E-state index in [1.165, 1.54) is 12.1 Å². The van der Waals surface area contributed by atoms with Crippen LogP contribution >= 0.6 is 11.6 Å². The highest BCUT2D eigenvalue weighted by Gasteiger charge is 2.12. The molecule has 2 aromatic heterocycles. The van der Waals surface area contributed by atoms with Gasteiger partial charge in [-0.15, -0.1) is 0 Å². The van der Waals surface area contributed by atoms with Crippen molar-refractivity contribution >= 4 is 40.6 Å². The second-order valence-electron chi connectivity index (χ2n) is 6.45. The van der Waals surface area contributed by atoms with Crippen molar-refractivity contribution in [2.75, 3.05) is 10.6 Å². The number of aromatic nitrogens is 4. The fourth-order valence-corrected chi connectivity index (χ4v) is 3.00. The lowest BCUT2D eigenvalue weighted by atomic mass is 10.1. The van der Waals surface area contributed by atoms with Crippen molar-refractivity contribution in [1.29, 1.82) is 0 Å². The first kappa shape index (κ1) is 19.3. The minimum absolute atomic E-state index is 0.0193. The van der Waals surface area contributed by atoms with Crippen molar-refractivity contribution in [3.8, 4) is 11.3 Å². The fraction of sp³-hybridized carbons (Fsp3) is 0.0500. The van der Waals surface area contributed by atoms with Gasteiger partial charge >= 0.3 is 0 Å². The third-order valence-electron chi connectivity index (χ3n) is 4.13. The summed E-state index contributed by atoms with van der Waals surface area (Å²) in [6, 6.07) is 17.0. The molecule has 2 aromatic carbocycles. The molecule has 0 aliphatic heterocycles. The molecule has 0 amide bonds. The number of non-ortho nitro benzene ring substituents is 1. The van der Waals surface area contributed by atoms with Crippen LogP contribution in [0.15, 0.2) is 60.7 Å². The van der Waals surface area contributed by atoms with E-state index in [0.717, 1.165) is 5.69 Å². The van der Waals surface area contributed by atoms with E-state index >= 15 is 0 Å². The monoisotopic (exact) mass is 421 g/mol. The third-order valence-corrected chi connectivity index (χ3v) is 4.36. The summed E-state index contributed by atoms with van der Waals surface area (Å²) in [6.45, 7) is 1.86. The van der Waals surface area contributed by atoms with Crippen LogP contribution in [0, 0.1) is 17.0 Å². The molecular formula is C20H16ClN7O2. The van der Waals surface area contributed by atoms with Crippen molar-refractivity contribution in [3.05, 3.63) is 81.5 Å². The standard InChI is InChI=1S/C20H16ClN7O2/c1-12-8-19(27-26-12)24-18-11-17(13-4-2-7-16(9-13)28(29)30)23-20(25-18)22-15-6-3-5-14(21)10-15/h2-11H,1H3,(H3,22,23,24,25,26,27). The minimum Gasteiger partial charge on any atom is -0.325 e. The zero-order chi connectivity index (χ0) is 21.1. The molecule has 0 aliphatic rings. The Bertz CT molecular complexity index is 1230. The molecule has 0 saturated heterocycles. The Balaban J connectivity index is 1.75. The van der Waals surface area contributed by atoms with E-state index in [4.69, 9.17) is 11.6 Å². The Labute approximate surface area is 176 Å². The minimum atomic E-state index is -0.442. The average molecular weight is 422 g/mol. The van der Waals surface area contributed by atoms with Gasteiger partial charge in [0.15, 0.2) is 0 Å². The van der Waals surface area contributed by atoms with Crippen LogP contribution in [0.4, 0.5) is 29.0 Å². The van der Waals surface area contributed by atoms with Crippen LogP contribution < -0.4 is 10.6 Å². The quantitative estimate of drug-likeness (QED) is 0.288. The van der Waals surface area contributed by atoms with Gasteiger partial charge in [0, 0.05) is 40.5 Å². The average Bonchev–Trinajstić information content (AvgIpc) is 3.12. The second-order valence-corrected chi connectivity index (χ2v) is 6.89. The second kappa shape index (κ2) is 8.18. The zero-order valence-electron chi connectivity index (χ0n) is 15.8. The number of aromatic amines is 1. The van der Waals surface area contributed by atoms with E-state index in [9.17, 15) is 10.1 Å². The molecule has 0 radical (unpaired) electrons. The van der Waals surface area contributed by atoms with Crippen LogP contribution in [0.2, 0.25) is 5.02 Å². The van der Waals surface area contributed by atoms with Gasteiger partial charge < -0.3 is 10.6 Å². The van der Waals surface area contributed by atoms with Gasteiger partial charge in [-0.2, -0.15) is 10.1 Å². The van der Waals surface area contributed by atoms with Crippen molar-refractivity contribution in [2.24, 2.45) is 0 Å². The van der Waals surface area contributed by atoms with Gasteiger partial charge in [0.05, 0.1) is 16.3 Å². The lowest BCUT2D eigenvalue weighted by molar-refractivity contribution is -0.384. The summed E-state index contributed by atoms with van der Waals surface area (Å²) in [4.78, 5) is 19.7. The summed E-state index contributed by atoms with van der Waals surface area (Å²) in [5, 5.41) is 24.9. The van der Waals surface area contributed by atoms with Crippen molar-refractivity contribution < 1.29 is 4.92 Å². The van der Waals surface area contributed by atoms with E-state index in [2.05, 4.69) is 30.8 Å². The number of H-pyrrole nitrogens is 1. The Kier molecular flexibility index (Phi) is 5.27. The molecule has 4 aromatic rings. The number of aryl methyl sites for hydroxylation is 1. The maximum absolute atomic E-state index is 11.2. The fourth-order valence-electron chi connectivity index (χ4n) is 2.81. The first-order chi connectivity index (χ1) is 14.5. The highest BCUT2D eigenvalue weighted by Crippen LogP contribution is 2.27. The van der Waals surface area contributed by atoms with Crippen LogP contribution in [-0.4, -0.2) is 25.1 Å². The number of nitrogens with zero attached hydrogens (tertiary/aromatic N) is 4. The highest BCUT2D eigenvalue weighted by atomic mass is 35.5. The maximum atomic E-state index is 11.2. The molecule has 30 heavy (non-hydrogen) atoms. The van der Waals surface area contributed by atoms with Crippen LogP contribution in [0.5, 0.6) is 0 Å². The van der Waals surface area contributed by atoms with E-state index in [0.29, 0.717) is 39.6 Å². The highest BCUT2D eigenvalue weighted by molar-refractivity contribution is 6.30. The molecule has 150 valence electrons. The van der Waals surface area contributed by atoms with E-state index in [-0.39, 0.29) is 5.69 Å². The molecule has 4 rings (SSSR count). The van der Waals surface area contributed by atoms with Crippen LogP contribution in [0.3, 0.4) is 0 Å². The summed E-state index contributed by atoms with van der Waals surface area (Å²) in [6.07, 6.45) is 0. The van der Waals surface area contributed by atoms with Gasteiger partial charge in [-0.25, -0.2) is 4.98 Å². The van der Waals surface area contributed by atoms with Crippen molar-refractivity contribution in [3.63, 3.8) is 0 Å². The SMILES string of the molecule is Cc1cc(Nc2cc(-c3cccc([N+](=O)[O-])c3)nc(Nc3cccc(Cl)c3)n2)[nH]n1. The molecule has 0 bridgehead atoms. The van der Waals surface area contributed by atoms with Crippen LogP contribution in [0.1, 0.15) is 5.69 Å². The first-order valence-corrected chi connectivity index (χ1v) is 9.29. The topological polar surface area (TPSA) is 122 Å². The lowest BCUT2D eigenvalue weighted by Gasteiger charge is -2.11. The molecule has 9 nitrogen and oxygen atoms in total. The van der Waals surface area contributed by atoms with E-state index in [1.807, 2.05) is 25.1 Å². The molecule has 0 fully saturated rings. The van der Waals surface area contributed by atoms with E-state index < -0.39 is 4.92 Å². The van der Waals surface area contributed by atoms with E-state index in [1.54, 1.807) is 30.3 Å². The van der Waals surface area contributed by atoms with Gasteiger partial charge in [0.25, 0.3) is 5.69 Å². The Morgan fingerprint density at radius 1 is 1.03 bits per heavy atom. The predicted octanol–water partition coefficient (Wildman–Crippen LogP) is 5.22. The molecule has 2 heterocycles. The van der Waals surface area contributed by atoms with Gasteiger partial charge in [-0.3, -0.25) is 15.2 Å². The van der Waals surface area contributed by atoms with Crippen LogP contribution in [0.25, 0.3) is 11.3 Å². The Morgan fingerprint density at radius 3 is 2.60 bits per heavy atom. The Hall–Kier alpha value is -3.98. The molecule has 0 saturated carbocycles. The Morgan fingerprint density at radius 2 is 1.87 bits per heavy atom. The van der Waals surface area contributed by atoms with Crippen molar-refractivity contribution in [1.82, 2.24) is 20.2 Å². The summed E-state index contributed by atoms with van der Waals surface area (Å²) in [5.74, 6) is 1.45. The van der Waals surface area contributed by atoms with Crippen LogP contribution in [-0.2, 0) is 0 Å². The maximum Gasteiger partial charge on any atom is 0.270 e. The van der Waals surface area contributed by atoms with Gasteiger partial charge in [0.1, 0.15) is 11.6 Å². The largest absolute Gasteiger partial charge is 0.325 e. The number of hydrogen-bond donors (Lipinski definition) is 3. The first-order valence-electron chi connectivity index (χ1n) is 8.92. The zero-order valence-corrected chi connectivity index (χ0v) is 16.5. The van der Waals surface area contributed by atoms with Gasteiger partial charge in [-0.05, 0) is 25.1 Å². The van der Waals surface area contributed by atoms with Gasteiger partial charge in [0.2, 0.25) is 5.95 Å². The summed E-state index contributed by atoms with van der Waals surface area (Å²) >= 11 is 6.06. The number of nitro groups is 1. The normalized spacial score (nSPS) is 10.6. The number of halogens is 1. The number of rotatable bonds is 6. The lowest BCUT2D eigenvalue weighted by Crippen LogP contribution is -2.03. The summed E-state index contributed by atoms with van der Waals surface area (Å²) in [5.41, 5.74) is 2.61. The number of hydrogen-bond acceptors (Lipinski definition) is 7. The summed E-state index contributed by atoms with van der Waals surface area (Å²) < 4.78 is 0. The molecule has 0 aliphatic carbocycles. The molecular weight excluding hydrogens is 406 g/mol. The smallest absolute Gasteiger partial charge is 0.270 e. The third kappa shape index (κ3) is 4.53.